The van der Waals surface area contributed by atoms with Crippen molar-refractivity contribution in [2.24, 2.45) is 0 Å². The van der Waals surface area contributed by atoms with Crippen molar-refractivity contribution in [2.45, 2.75) is 32.2 Å². The minimum absolute atomic E-state index is 0. The fourth-order valence-electron chi connectivity index (χ4n) is 1.000. The molecule has 0 saturated heterocycles. The molecule has 0 heterocycles. The molecule has 0 aliphatic rings. The molecule has 0 rings (SSSR count). The first-order valence-corrected chi connectivity index (χ1v) is 7.05. The van der Waals surface area contributed by atoms with E-state index in [1.807, 2.05) is 13.8 Å². The summed E-state index contributed by atoms with van der Waals surface area (Å²) in [4.78, 5) is 0. The van der Waals surface area contributed by atoms with Crippen LogP contribution in [0.1, 0.15) is 20.3 Å². The number of hydrogen-bond donors (Lipinski definition) is 0. The van der Waals surface area contributed by atoms with Crippen molar-refractivity contribution in [1.82, 2.24) is 0 Å². The Morgan fingerprint density at radius 3 is 2.15 bits per heavy atom. The van der Waals surface area contributed by atoms with Crippen molar-refractivity contribution in [3.05, 3.63) is 0 Å². The maximum Gasteiger partial charge on any atom is 1.00 e. The summed E-state index contributed by atoms with van der Waals surface area (Å²) in [5, 5.41) is 0. The van der Waals surface area contributed by atoms with Crippen LogP contribution in [0.15, 0.2) is 0 Å². The molecule has 2 nitrogen and oxygen atoms in total. The Bertz CT molecular complexity index is 92.2. The first-order valence-electron chi connectivity index (χ1n) is 4.66. The molecule has 0 aromatic heterocycles. The molecule has 0 aromatic carbocycles. The molecule has 0 aromatic rings. The van der Waals surface area contributed by atoms with E-state index in [2.05, 4.69) is 0 Å². The third kappa shape index (κ3) is 12.1. The van der Waals surface area contributed by atoms with Gasteiger partial charge < -0.3 is 22.1 Å². The van der Waals surface area contributed by atoms with E-state index >= 15 is 0 Å². The fourth-order valence-corrected chi connectivity index (χ4v) is 3.24. The number of rotatable bonds is 8. The molecule has 0 spiro atoms. The largest absolute Gasteiger partial charge is 1.00 e. The molecular weight excluding hydrogens is 227 g/mol. The number of ether oxygens (including phenoxy) is 2. The van der Waals surface area contributed by atoms with Gasteiger partial charge in [0.1, 0.15) is 5.91 Å². The molecule has 5 heteroatoms. The summed E-state index contributed by atoms with van der Waals surface area (Å²) in [6, 6.07) is 1.24. The van der Waals surface area contributed by atoms with Gasteiger partial charge in [0, 0.05) is 13.2 Å². The molecule has 0 aliphatic carbocycles. The summed E-state index contributed by atoms with van der Waals surface area (Å²) in [5.41, 5.74) is 0. The maximum atomic E-state index is 5.43. The van der Waals surface area contributed by atoms with Crippen molar-refractivity contribution in [3.8, 4) is 0 Å². The van der Waals surface area contributed by atoms with Crippen LogP contribution in [0.2, 0.25) is 6.04 Å². The summed E-state index contributed by atoms with van der Waals surface area (Å²) >= 11 is 4.87. The molecule has 13 heavy (non-hydrogen) atoms. The van der Waals surface area contributed by atoms with Crippen LogP contribution >= 0.6 is 0 Å². The van der Waals surface area contributed by atoms with Gasteiger partial charge in [-0.3, -0.25) is 0 Å². The molecule has 0 bridgehead atoms. The van der Waals surface area contributed by atoms with Crippen LogP contribution in [0.25, 0.3) is 0 Å². The Hall–Kier alpha value is 2.12. The van der Waals surface area contributed by atoms with Gasteiger partial charge in [0.15, 0.2) is 0 Å². The van der Waals surface area contributed by atoms with E-state index in [0.29, 0.717) is 0 Å². The molecule has 0 unspecified atom stereocenters. The maximum absolute atomic E-state index is 5.43. The van der Waals surface area contributed by atoms with Gasteiger partial charge in [-0.2, -0.15) is 5.75 Å². The first kappa shape index (κ1) is 17.5. The van der Waals surface area contributed by atoms with Gasteiger partial charge in [-0.1, -0.05) is 12.5 Å². The van der Waals surface area contributed by atoms with Crippen molar-refractivity contribution >= 4 is 22.1 Å². The van der Waals surface area contributed by atoms with Crippen LogP contribution < -0.4 is 51.4 Å². The predicted octanol–water partition coefficient (Wildman–Crippen LogP) is -2.13. The summed E-state index contributed by atoms with van der Waals surface area (Å²) < 4.78 is 10.9. The molecule has 0 fully saturated rings. The van der Waals surface area contributed by atoms with E-state index in [-0.39, 0.29) is 66.8 Å². The van der Waals surface area contributed by atoms with Crippen LogP contribution in [-0.2, 0) is 22.1 Å². The van der Waals surface area contributed by atoms with E-state index < -0.39 is 0 Å². The molecule has 0 amide bonds. The minimum Gasteiger partial charge on any atom is -0.793 e. The van der Waals surface area contributed by atoms with Gasteiger partial charge in [-0.15, -0.1) is 0 Å². The summed E-state index contributed by atoms with van der Waals surface area (Å²) in [7, 11) is -0.219. The minimum atomic E-state index is -0.219. The van der Waals surface area contributed by atoms with Crippen LogP contribution in [0.3, 0.4) is 0 Å². The summed E-state index contributed by atoms with van der Waals surface area (Å²) in [5.74, 6) is 0.999. The zero-order chi connectivity index (χ0) is 9.23. The second kappa shape index (κ2) is 14.1. The molecule has 74 valence electrons. The van der Waals surface area contributed by atoms with Gasteiger partial charge >= 0.3 is 51.4 Å². The summed E-state index contributed by atoms with van der Waals surface area (Å²) in [6.07, 6.45) is 1.15. The van der Waals surface area contributed by atoms with Gasteiger partial charge in [-0.05, 0) is 13.8 Å². The van der Waals surface area contributed by atoms with E-state index in [9.17, 15) is 0 Å². The third-order valence-corrected chi connectivity index (χ3v) is 3.68. The molecule has 0 radical (unpaired) electrons. The van der Waals surface area contributed by atoms with Gasteiger partial charge in [0.25, 0.3) is 0 Å². The second-order valence-corrected chi connectivity index (χ2v) is 4.90. The zero-order valence-electron chi connectivity index (χ0n) is 9.04. The Labute approximate surface area is 132 Å². The van der Waals surface area contributed by atoms with Crippen LogP contribution in [0.4, 0.5) is 0 Å². The topological polar surface area (TPSA) is 18.5 Å². The summed E-state index contributed by atoms with van der Waals surface area (Å²) in [6.45, 7) is 5.53. The van der Waals surface area contributed by atoms with Crippen molar-refractivity contribution < 1.29 is 60.9 Å². The van der Waals surface area contributed by atoms with Crippen LogP contribution in [0, 0.1) is 0 Å². The number of hydrogen-bond acceptors (Lipinski definition) is 3. The second-order valence-electron chi connectivity index (χ2n) is 2.54. The van der Waals surface area contributed by atoms with Gasteiger partial charge in [0.2, 0.25) is 0 Å². The Morgan fingerprint density at radius 2 is 1.77 bits per heavy atom. The van der Waals surface area contributed by atoms with E-state index in [0.717, 1.165) is 25.4 Å². The Balaban J connectivity index is 0. The van der Waals surface area contributed by atoms with Crippen molar-refractivity contribution in [3.63, 3.8) is 0 Å². The Kier molecular flexibility index (Phi) is 19.0. The molecular formula is C8H19KO2SSi. The van der Waals surface area contributed by atoms with Crippen molar-refractivity contribution in [1.29, 1.82) is 0 Å². The average molecular weight is 246 g/mol. The van der Waals surface area contributed by atoms with Gasteiger partial charge in [0.05, 0.1) is 9.52 Å². The quantitative estimate of drug-likeness (QED) is 0.211. The smallest absolute Gasteiger partial charge is 0.793 e. The van der Waals surface area contributed by atoms with E-state index in [1.54, 1.807) is 0 Å². The first-order chi connectivity index (χ1) is 5.85. The Morgan fingerprint density at radius 1 is 1.23 bits per heavy atom. The van der Waals surface area contributed by atoms with Gasteiger partial charge in [-0.25, -0.2) is 0 Å². The zero-order valence-corrected chi connectivity index (χ0v) is 14.4. The standard InChI is InChI=1S/C8H20O2SSi.K/c1-3-9-8(10-4-2)12-7-5-6-11;/h8,11H,3-7,12H2,1-2H3;/q;+1/p-1. The predicted molar refractivity (Wildman–Crippen MR) is 57.2 cm³/mol. The van der Waals surface area contributed by atoms with E-state index in [1.165, 1.54) is 6.04 Å². The SMILES string of the molecule is CCOC(OCC)[SiH2]CCC[S-].[K+]. The average Bonchev–Trinajstić information content (AvgIpc) is 2.06. The molecule has 0 N–H and O–H groups in total. The third-order valence-electron chi connectivity index (χ3n) is 1.54. The van der Waals surface area contributed by atoms with Crippen molar-refractivity contribution in [2.75, 3.05) is 19.0 Å². The fraction of sp³-hybridized carbons (Fsp3) is 1.00. The normalized spacial score (nSPS) is 11.1. The monoisotopic (exact) mass is 246 g/mol. The molecule has 0 saturated carbocycles. The van der Waals surface area contributed by atoms with Crippen LogP contribution in [0.5, 0.6) is 0 Å². The molecule has 0 aliphatic heterocycles. The van der Waals surface area contributed by atoms with Crippen LogP contribution in [-0.4, -0.2) is 34.4 Å². The van der Waals surface area contributed by atoms with E-state index in [4.69, 9.17) is 22.1 Å². The molecule has 0 atom stereocenters.